The van der Waals surface area contributed by atoms with Crippen LogP contribution in [0, 0.1) is 20.8 Å². The second-order valence-electron chi connectivity index (χ2n) is 8.94. The fraction of sp³-hybridized carbons (Fsp3) is 0.462. The van der Waals surface area contributed by atoms with Gasteiger partial charge in [-0.15, -0.1) is 0 Å². The summed E-state index contributed by atoms with van der Waals surface area (Å²) >= 11 is 0. The number of sulfonamides is 1. The molecule has 8 heteroatoms. The van der Waals surface area contributed by atoms with Gasteiger partial charge >= 0.3 is 0 Å². The number of carbonyl (C=O) groups excluding carboxylic acids is 2. The van der Waals surface area contributed by atoms with Gasteiger partial charge in [0.05, 0.1) is 11.9 Å². The fourth-order valence-electron chi connectivity index (χ4n) is 3.72. The summed E-state index contributed by atoms with van der Waals surface area (Å²) in [5.41, 5.74) is 4.19. The normalized spacial score (nSPS) is 12.2. The smallest absolute Gasteiger partial charge is 0.244 e. The van der Waals surface area contributed by atoms with E-state index in [1.807, 2.05) is 58.0 Å². The summed E-state index contributed by atoms with van der Waals surface area (Å²) in [6, 6.07) is 12.4. The second-order valence-corrected chi connectivity index (χ2v) is 10.9. The molecule has 1 N–H and O–H groups in total. The molecule has 2 rings (SSSR count). The number of nitrogens with one attached hydrogen (secondary N) is 1. The van der Waals surface area contributed by atoms with E-state index in [-0.39, 0.29) is 19.0 Å². The molecule has 0 aliphatic heterocycles. The topological polar surface area (TPSA) is 86.8 Å². The SMILES string of the molecule is CCCCNC(=O)[C@H](C)N(Cc1ccc(C)cc1)C(=O)CN(c1cc(C)cc(C)c1)S(C)(=O)=O. The van der Waals surface area contributed by atoms with Crippen molar-refractivity contribution in [3.63, 3.8) is 0 Å². The van der Waals surface area contributed by atoms with E-state index < -0.39 is 22.0 Å². The monoisotopic (exact) mass is 487 g/mol. The van der Waals surface area contributed by atoms with Gasteiger partial charge in [-0.05, 0) is 62.9 Å². The third-order valence-electron chi connectivity index (χ3n) is 5.64. The molecule has 0 aliphatic carbocycles. The summed E-state index contributed by atoms with van der Waals surface area (Å²) in [4.78, 5) is 27.8. The number of anilines is 1. The lowest BCUT2D eigenvalue weighted by molar-refractivity contribution is -0.139. The summed E-state index contributed by atoms with van der Waals surface area (Å²) in [5.74, 6) is -0.700. The molecule has 2 amide bonds. The zero-order valence-electron chi connectivity index (χ0n) is 21.1. The van der Waals surface area contributed by atoms with Crippen molar-refractivity contribution < 1.29 is 18.0 Å². The Morgan fingerprint density at radius 2 is 1.56 bits per heavy atom. The van der Waals surface area contributed by atoms with Crippen LogP contribution >= 0.6 is 0 Å². The minimum atomic E-state index is -3.74. The molecule has 1 atom stereocenters. The molecule has 0 saturated heterocycles. The molecular formula is C26H37N3O4S. The maximum absolute atomic E-state index is 13.5. The van der Waals surface area contributed by atoms with Gasteiger partial charge in [0, 0.05) is 13.1 Å². The molecule has 0 spiro atoms. The highest BCUT2D eigenvalue weighted by Gasteiger charge is 2.30. The van der Waals surface area contributed by atoms with Crippen molar-refractivity contribution >= 4 is 27.5 Å². The van der Waals surface area contributed by atoms with Crippen molar-refractivity contribution in [1.82, 2.24) is 10.2 Å². The number of hydrogen-bond donors (Lipinski definition) is 1. The van der Waals surface area contributed by atoms with Crippen LogP contribution in [0.3, 0.4) is 0 Å². The molecule has 7 nitrogen and oxygen atoms in total. The third-order valence-corrected chi connectivity index (χ3v) is 6.78. The van der Waals surface area contributed by atoms with Crippen molar-refractivity contribution in [3.05, 3.63) is 64.7 Å². The average Bonchev–Trinajstić information content (AvgIpc) is 2.75. The van der Waals surface area contributed by atoms with Gasteiger partial charge in [0.1, 0.15) is 12.6 Å². The first kappa shape index (κ1) is 27.4. The van der Waals surface area contributed by atoms with Crippen LogP contribution in [-0.4, -0.2) is 50.5 Å². The summed E-state index contributed by atoms with van der Waals surface area (Å²) < 4.78 is 26.4. The number of unbranched alkanes of at least 4 members (excludes halogenated alkanes) is 1. The minimum absolute atomic E-state index is 0.200. The van der Waals surface area contributed by atoms with E-state index in [1.54, 1.807) is 19.1 Å². The lowest BCUT2D eigenvalue weighted by Gasteiger charge is -2.31. The highest BCUT2D eigenvalue weighted by molar-refractivity contribution is 7.92. The summed E-state index contributed by atoms with van der Waals surface area (Å²) in [7, 11) is -3.74. The van der Waals surface area contributed by atoms with Crippen LogP contribution in [0.25, 0.3) is 0 Å². The van der Waals surface area contributed by atoms with Crippen molar-refractivity contribution in [3.8, 4) is 0 Å². The number of amides is 2. The van der Waals surface area contributed by atoms with Gasteiger partial charge in [-0.3, -0.25) is 13.9 Å². The Hall–Kier alpha value is -2.87. The van der Waals surface area contributed by atoms with E-state index in [9.17, 15) is 18.0 Å². The first-order valence-corrected chi connectivity index (χ1v) is 13.5. The molecule has 0 aliphatic rings. The number of benzene rings is 2. The molecule has 0 heterocycles. The summed E-state index contributed by atoms with van der Waals surface area (Å²) in [6.45, 7) is 9.79. The van der Waals surface area contributed by atoms with Gasteiger partial charge < -0.3 is 10.2 Å². The van der Waals surface area contributed by atoms with Crippen LogP contribution in [0.1, 0.15) is 48.9 Å². The van der Waals surface area contributed by atoms with Crippen LogP contribution in [0.2, 0.25) is 0 Å². The van der Waals surface area contributed by atoms with Gasteiger partial charge in [-0.25, -0.2) is 8.42 Å². The predicted molar refractivity (Wildman–Crippen MR) is 137 cm³/mol. The van der Waals surface area contributed by atoms with E-state index in [0.29, 0.717) is 12.2 Å². The van der Waals surface area contributed by atoms with Gasteiger partial charge in [0.15, 0.2) is 0 Å². The van der Waals surface area contributed by atoms with Crippen molar-refractivity contribution in [2.24, 2.45) is 0 Å². The largest absolute Gasteiger partial charge is 0.354 e. The molecule has 186 valence electrons. The second kappa shape index (κ2) is 12.0. The van der Waals surface area contributed by atoms with Crippen LogP contribution < -0.4 is 9.62 Å². The molecule has 0 unspecified atom stereocenters. The summed E-state index contributed by atoms with van der Waals surface area (Å²) in [6.07, 6.45) is 2.88. The fourth-order valence-corrected chi connectivity index (χ4v) is 4.55. The standard InChI is InChI=1S/C26H37N3O4S/c1-7-8-13-27-26(31)22(5)28(17-23-11-9-19(2)10-12-23)25(30)18-29(34(6,32)33)24-15-20(3)14-21(4)16-24/h9-12,14-16,22H,7-8,13,17-18H2,1-6H3,(H,27,31)/t22-/m0/s1. The molecule has 0 fully saturated rings. The Labute approximate surface area is 204 Å². The minimum Gasteiger partial charge on any atom is -0.354 e. The lowest BCUT2D eigenvalue weighted by Crippen LogP contribution is -2.51. The highest BCUT2D eigenvalue weighted by atomic mass is 32.2. The maximum Gasteiger partial charge on any atom is 0.244 e. The van der Waals surface area contributed by atoms with Gasteiger partial charge in [0.2, 0.25) is 21.8 Å². The first-order valence-electron chi connectivity index (χ1n) is 11.6. The molecule has 34 heavy (non-hydrogen) atoms. The van der Waals surface area contributed by atoms with Crippen molar-refractivity contribution in [2.45, 2.75) is 60.0 Å². The third kappa shape index (κ3) is 7.87. The maximum atomic E-state index is 13.5. The Morgan fingerprint density at radius 3 is 2.09 bits per heavy atom. The molecule has 2 aromatic carbocycles. The Balaban J connectivity index is 2.37. The molecule has 2 aromatic rings. The van der Waals surface area contributed by atoms with Gasteiger partial charge in [0.25, 0.3) is 0 Å². The number of rotatable bonds is 11. The van der Waals surface area contributed by atoms with E-state index in [4.69, 9.17) is 0 Å². The van der Waals surface area contributed by atoms with Crippen molar-refractivity contribution in [1.29, 1.82) is 0 Å². The number of hydrogen-bond acceptors (Lipinski definition) is 4. The Kier molecular flexibility index (Phi) is 9.67. The van der Waals surface area contributed by atoms with Gasteiger partial charge in [-0.1, -0.05) is 49.2 Å². The zero-order valence-corrected chi connectivity index (χ0v) is 21.9. The molecule has 0 saturated carbocycles. The van der Waals surface area contributed by atoms with Crippen molar-refractivity contribution in [2.75, 3.05) is 23.7 Å². The van der Waals surface area contributed by atoms with E-state index >= 15 is 0 Å². The van der Waals surface area contributed by atoms with Crippen LogP contribution in [0.15, 0.2) is 42.5 Å². The van der Waals surface area contributed by atoms with Gasteiger partial charge in [-0.2, -0.15) is 0 Å². The van der Waals surface area contributed by atoms with Crippen LogP contribution in [0.4, 0.5) is 5.69 Å². The molecular weight excluding hydrogens is 450 g/mol. The number of aryl methyl sites for hydroxylation is 3. The summed E-state index contributed by atoms with van der Waals surface area (Å²) in [5, 5.41) is 2.88. The lowest BCUT2D eigenvalue weighted by atomic mass is 10.1. The van der Waals surface area contributed by atoms with Crippen LogP contribution in [-0.2, 0) is 26.2 Å². The Bertz CT molecular complexity index is 1080. The zero-order chi connectivity index (χ0) is 25.5. The molecule has 0 aromatic heterocycles. The predicted octanol–water partition coefficient (Wildman–Crippen LogP) is 3.71. The highest BCUT2D eigenvalue weighted by Crippen LogP contribution is 2.22. The number of carbonyl (C=O) groups is 2. The Morgan fingerprint density at radius 1 is 0.971 bits per heavy atom. The average molecular weight is 488 g/mol. The molecule has 0 bridgehead atoms. The molecule has 0 radical (unpaired) electrons. The van der Waals surface area contributed by atoms with E-state index in [1.165, 1.54) is 4.90 Å². The van der Waals surface area contributed by atoms with Crippen LogP contribution in [0.5, 0.6) is 0 Å². The first-order chi connectivity index (χ1) is 15.9. The van der Waals surface area contributed by atoms with E-state index in [0.717, 1.165) is 45.7 Å². The quantitative estimate of drug-likeness (QED) is 0.490. The van der Waals surface area contributed by atoms with E-state index in [2.05, 4.69) is 5.32 Å². The number of nitrogens with zero attached hydrogens (tertiary/aromatic N) is 2.